The minimum absolute atomic E-state index is 0.0747. The highest BCUT2D eigenvalue weighted by molar-refractivity contribution is 5.72. The van der Waals surface area contributed by atoms with Crippen molar-refractivity contribution >= 4 is 11.5 Å². The maximum absolute atomic E-state index is 13.0. The molecule has 4 rings (SSSR count). The number of imidazole rings is 1. The Morgan fingerprint density at radius 1 is 1.21 bits per heavy atom. The van der Waals surface area contributed by atoms with Gasteiger partial charge in [-0.1, -0.05) is 0 Å². The molecule has 1 saturated heterocycles. The fraction of sp³-hybridized carbons (Fsp3) is 0.421. The monoisotopic (exact) mass is 406 g/mol. The SMILES string of the molecule is COc1cc(C(F)(F)F)ccc1-c1nnc(N2CC[C@@H](N(C)C)C2)c2nccn12. The Balaban J connectivity index is 1.77. The van der Waals surface area contributed by atoms with Crippen LogP contribution in [0.2, 0.25) is 0 Å². The van der Waals surface area contributed by atoms with Crippen LogP contribution in [0, 0.1) is 0 Å². The number of halogens is 3. The molecule has 7 nitrogen and oxygen atoms in total. The number of methoxy groups -OCH3 is 1. The predicted molar refractivity (Wildman–Crippen MR) is 102 cm³/mol. The molecule has 3 heterocycles. The van der Waals surface area contributed by atoms with E-state index in [9.17, 15) is 13.2 Å². The van der Waals surface area contributed by atoms with Crippen LogP contribution in [-0.2, 0) is 6.18 Å². The minimum atomic E-state index is -4.45. The molecule has 0 N–H and O–H groups in total. The molecule has 1 fully saturated rings. The van der Waals surface area contributed by atoms with Crippen LogP contribution in [0.25, 0.3) is 17.0 Å². The van der Waals surface area contributed by atoms with Gasteiger partial charge in [-0.25, -0.2) is 4.98 Å². The zero-order valence-corrected chi connectivity index (χ0v) is 16.3. The summed E-state index contributed by atoms with van der Waals surface area (Å²) in [5.74, 6) is 1.11. The van der Waals surface area contributed by atoms with E-state index in [0.29, 0.717) is 28.9 Å². The maximum atomic E-state index is 13.0. The Morgan fingerprint density at radius 2 is 2.00 bits per heavy atom. The fourth-order valence-corrected chi connectivity index (χ4v) is 3.62. The summed E-state index contributed by atoms with van der Waals surface area (Å²) in [7, 11) is 5.42. The van der Waals surface area contributed by atoms with Gasteiger partial charge in [-0.2, -0.15) is 13.2 Å². The first-order valence-electron chi connectivity index (χ1n) is 9.16. The molecule has 1 atom stereocenters. The van der Waals surface area contributed by atoms with Crippen LogP contribution in [0.5, 0.6) is 5.75 Å². The van der Waals surface area contributed by atoms with Gasteiger partial charge in [0.25, 0.3) is 0 Å². The fourth-order valence-electron chi connectivity index (χ4n) is 3.62. The highest BCUT2D eigenvalue weighted by Crippen LogP contribution is 2.37. The number of rotatable bonds is 4. The molecule has 154 valence electrons. The lowest BCUT2D eigenvalue weighted by molar-refractivity contribution is -0.137. The number of likely N-dealkylation sites (N-methyl/N-ethyl adjacent to an activating group) is 1. The van der Waals surface area contributed by atoms with Gasteiger partial charge in [0.2, 0.25) is 0 Å². The molecule has 0 unspecified atom stereocenters. The number of hydrogen-bond acceptors (Lipinski definition) is 6. The van der Waals surface area contributed by atoms with Crippen molar-refractivity contribution in [2.75, 3.05) is 39.2 Å². The number of alkyl halides is 3. The van der Waals surface area contributed by atoms with E-state index in [1.807, 2.05) is 14.1 Å². The maximum Gasteiger partial charge on any atom is 0.416 e. The molecule has 0 bridgehead atoms. The molecule has 3 aromatic rings. The summed E-state index contributed by atoms with van der Waals surface area (Å²) in [5, 5.41) is 8.69. The molecule has 0 amide bonds. The molecule has 29 heavy (non-hydrogen) atoms. The van der Waals surface area contributed by atoms with E-state index < -0.39 is 11.7 Å². The van der Waals surface area contributed by atoms with Crippen molar-refractivity contribution in [1.29, 1.82) is 0 Å². The van der Waals surface area contributed by atoms with Gasteiger partial charge >= 0.3 is 6.18 Å². The molecule has 1 aromatic carbocycles. The second-order valence-corrected chi connectivity index (χ2v) is 7.23. The van der Waals surface area contributed by atoms with Gasteiger partial charge in [0.15, 0.2) is 17.3 Å². The lowest BCUT2D eigenvalue weighted by Gasteiger charge is -2.21. The Bertz CT molecular complexity index is 1030. The van der Waals surface area contributed by atoms with Crippen LogP contribution in [0.1, 0.15) is 12.0 Å². The first-order chi connectivity index (χ1) is 13.8. The van der Waals surface area contributed by atoms with Crippen molar-refractivity contribution < 1.29 is 17.9 Å². The summed E-state index contributed by atoms with van der Waals surface area (Å²) >= 11 is 0. The molecule has 0 spiro atoms. The zero-order chi connectivity index (χ0) is 20.8. The second-order valence-electron chi connectivity index (χ2n) is 7.23. The van der Waals surface area contributed by atoms with Crippen molar-refractivity contribution in [2.24, 2.45) is 0 Å². The summed E-state index contributed by atoms with van der Waals surface area (Å²) in [5.41, 5.74) is 0.239. The van der Waals surface area contributed by atoms with Crippen LogP contribution >= 0.6 is 0 Å². The normalized spacial score (nSPS) is 17.5. The van der Waals surface area contributed by atoms with E-state index >= 15 is 0 Å². The van der Waals surface area contributed by atoms with Crippen molar-refractivity contribution in [3.8, 4) is 17.1 Å². The number of aromatic nitrogens is 4. The van der Waals surface area contributed by atoms with E-state index in [2.05, 4.69) is 25.0 Å². The lowest BCUT2D eigenvalue weighted by atomic mass is 10.1. The van der Waals surface area contributed by atoms with Crippen LogP contribution in [0.4, 0.5) is 19.0 Å². The standard InChI is InChI=1S/C19H21F3N6O/c1-26(2)13-6-8-27(11-13)18-17-23-7-9-28(17)16(24-25-18)14-5-4-12(19(20,21)22)10-15(14)29-3/h4-5,7,9-10,13H,6,8,11H2,1-3H3/t13-/m1/s1. The molecule has 0 aliphatic carbocycles. The summed E-state index contributed by atoms with van der Waals surface area (Å²) < 4.78 is 46.1. The van der Waals surface area contributed by atoms with Crippen LogP contribution < -0.4 is 9.64 Å². The van der Waals surface area contributed by atoms with Crippen LogP contribution in [-0.4, -0.2) is 64.8 Å². The number of hydrogen-bond donors (Lipinski definition) is 0. The van der Waals surface area contributed by atoms with E-state index in [4.69, 9.17) is 4.74 Å². The summed E-state index contributed by atoms with van der Waals surface area (Å²) in [6, 6.07) is 3.75. The Labute approximate surface area is 165 Å². The molecule has 1 aliphatic rings. The van der Waals surface area contributed by atoms with E-state index in [0.717, 1.165) is 31.6 Å². The van der Waals surface area contributed by atoms with Gasteiger partial charge in [0.1, 0.15) is 5.75 Å². The summed E-state index contributed by atoms with van der Waals surface area (Å²) in [6.45, 7) is 1.65. The van der Waals surface area contributed by atoms with Crippen molar-refractivity contribution in [3.05, 3.63) is 36.2 Å². The van der Waals surface area contributed by atoms with Gasteiger partial charge in [0, 0.05) is 31.5 Å². The molecular weight excluding hydrogens is 385 g/mol. The average molecular weight is 406 g/mol. The van der Waals surface area contributed by atoms with Crippen LogP contribution in [0.3, 0.4) is 0 Å². The van der Waals surface area contributed by atoms with Gasteiger partial charge in [0.05, 0.1) is 18.2 Å². The molecule has 10 heteroatoms. The second kappa shape index (κ2) is 7.18. The number of anilines is 1. The Hall–Kier alpha value is -2.88. The number of benzene rings is 1. The van der Waals surface area contributed by atoms with Crippen molar-refractivity contribution in [3.63, 3.8) is 0 Å². The van der Waals surface area contributed by atoms with E-state index in [-0.39, 0.29) is 5.75 Å². The molecular formula is C19H21F3N6O. The third kappa shape index (κ3) is 3.48. The molecule has 2 aromatic heterocycles. The number of fused-ring (bicyclic) bond motifs is 1. The third-order valence-electron chi connectivity index (χ3n) is 5.27. The van der Waals surface area contributed by atoms with E-state index in [1.165, 1.54) is 13.2 Å². The number of ether oxygens (including phenoxy) is 1. The predicted octanol–water partition coefficient (Wildman–Crippen LogP) is 2.96. The van der Waals surface area contributed by atoms with Crippen molar-refractivity contribution in [2.45, 2.75) is 18.6 Å². The molecule has 0 saturated carbocycles. The Kier molecular flexibility index (Phi) is 4.81. The highest BCUT2D eigenvalue weighted by atomic mass is 19.4. The third-order valence-corrected chi connectivity index (χ3v) is 5.27. The molecule has 1 aliphatic heterocycles. The van der Waals surface area contributed by atoms with Gasteiger partial charge in [-0.15, -0.1) is 10.2 Å². The Morgan fingerprint density at radius 3 is 2.66 bits per heavy atom. The quantitative estimate of drug-likeness (QED) is 0.664. The summed E-state index contributed by atoms with van der Waals surface area (Å²) in [4.78, 5) is 8.73. The topological polar surface area (TPSA) is 58.8 Å². The molecule has 0 radical (unpaired) electrons. The van der Waals surface area contributed by atoms with Crippen molar-refractivity contribution in [1.82, 2.24) is 24.5 Å². The zero-order valence-electron chi connectivity index (χ0n) is 16.3. The lowest BCUT2D eigenvalue weighted by Crippen LogP contribution is -2.32. The van der Waals surface area contributed by atoms with E-state index in [1.54, 1.807) is 16.8 Å². The largest absolute Gasteiger partial charge is 0.496 e. The summed E-state index contributed by atoms with van der Waals surface area (Å²) in [6.07, 6.45) is -0.0956. The number of nitrogens with zero attached hydrogens (tertiary/aromatic N) is 6. The smallest absolute Gasteiger partial charge is 0.416 e. The van der Waals surface area contributed by atoms with Crippen LogP contribution in [0.15, 0.2) is 30.6 Å². The van der Waals surface area contributed by atoms with Gasteiger partial charge in [-0.05, 0) is 38.7 Å². The average Bonchev–Trinajstić information content (AvgIpc) is 3.36. The highest BCUT2D eigenvalue weighted by Gasteiger charge is 2.32. The van der Waals surface area contributed by atoms with Gasteiger partial charge < -0.3 is 14.5 Å². The first kappa shape index (κ1) is 19.4. The van der Waals surface area contributed by atoms with Gasteiger partial charge in [-0.3, -0.25) is 4.40 Å². The minimum Gasteiger partial charge on any atom is -0.496 e. The first-order valence-corrected chi connectivity index (χ1v) is 9.16.